The Morgan fingerprint density at radius 3 is 2.76 bits per heavy atom. The summed E-state index contributed by atoms with van der Waals surface area (Å²) in [4.78, 5) is 14.0. The molecule has 0 radical (unpaired) electrons. The zero-order valence-electron chi connectivity index (χ0n) is 11.5. The average Bonchev–Trinajstić information content (AvgIpc) is 2.28. The number of esters is 1. The molecular weight excluding hydrogens is 218 g/mol. The van der Waals surface area contributed by atoms with Crippen molar-refractivity contribution in [3.8, 4) is 0 Å². The van der Waals surface area contributed by atoms with Gasteiger partial charge >= 0.3 is 5.97 Å². The number of carbonyl (C=O) groups is 1. The third kappa shape index (κ3) is 4.28. The molecular formula is C13H25NO3. The Balaban J connectivity index is 2.64. The largest absolute Gasteiger partial charge is 0.468 e. The molecule has 0 aromatic carbocycles. The fraction of sp³-hybridized carbons (Fsp3) is 0.923. The summed E-state index contributed by atoms with van der Waals surface area (Å²) in [6.07, 6.45) is 3.03. The van der Waals surface area contributed by atoms with E-state index in [9.17, 15) is 4.79 Å². The van der Waals surface area contributed by atoms with Gasteiger partial charge in [-0.3, -0.25) is 9.69 Å². The number of rotatable bonds is 5. The Morgan fingerprint density at radius 1 is 1.53 bits per heavy atom. The standard InChI is InChI=1S/C13H25NO3/c1-5-6-7-11(12(15)16-4)14-8-9-17-13(2,3)10-14/h11H,5-10H2,1-4H3. The summed E-state index contributed by atoms with van der Waals surface area (Å²) >= 11 is 0. The Kier molecular flexibility index (Phi) is 5.40. The quantitative estimate of drug-likeness (QED) is 0.691. The summed E-state index contributed by atoms with van der Waals surface area (Å²) < 4.78 is 10.6. The summed E-state index contributed by atoms with van der Waals surface area (Å²) in [5.41, 5.74) is -0.170. The number of nitrogens with zero attached hydrogens (tertiary/aromatic N) is 1. The first kappa shape index (κ1) is 14.5. The van der Waals surface area contributed by atoms with Crippen molar-refractivity contribution in [2.45, 2.75) is 51.7 Å². The third-order valence-electron chi connectivity index (χ3n) is 3.20. The van der Waals surface area contributed by atoms with Gasteiger partial charge in [0.05, 0.1) is 19.3 Å². The first-order chi connectivity index (χ1) is 8.00. The van der Waals surface area contributed by atoms with Gasteiger partial charge in [0.25, 0.3) is 0 Å². The van der Waals surface area contributed by atoms with Crippen molar-refractivity contribution >= 4 is 5.97 Å². The van der Waals surface area contributed by atoms with Crippen LogP contribution in [0.5, 0.6) is 0 Å². The Hall–Kier alpha value is -0.610. The number of methoxy groups -OCH3 is 1. The van der Waals surface area contributed by atoms with Crippen LogP contribution in [-0.4, -0.2) is 49.3 Å². The second-order valence-corrected chi connectivity index (χ2v) is 5.26. The molecule has 1 aliphatic rings. The van der Waals surface area contributed by atoms with Gasteiger partial charge in [0.2, 0.25) is 0 Å². The minimum absolute atomic E-state index is 0.108. The van der Waals surface area contributed by atoms with Crippen molar-refractivity contribution in [2.24, 2.45) is 0 Å². The molecule has 0 amide bonds. The molecule has 0 N–H and O–H groups in total. The minimum Gasteiger partial charge on any atom is -0.468 e. The van der Waals surface area contributed by atoms with Crippen LogP contribution in [0.1, 0.15) is 40.0 Å². The molecule has 1 fully saturated rings. The maximum atomic E-state index is 11.8. The van der Waals surface area contributed by atoms with Gasteiger partial charge in [0.1, 0.15) is 6.04 Å². The minimum atomic E-state index is -0.170. The van der Waals surface area contributed by atoms with Gasteiger partial charge in [-0.2, -0.15) is 0 Å². The molecule has 0 bridgehead atoms. The van der Waals surface area contributed by atoms with Gasteiger partial charge in [-0.05, 0) is 20.3 Å². The normalized spacial score (nSPS) is 22.1. The lowest BCUT2D eigenvalue weighted by Crippen LogP contribution is -2.54. The molecule has 4 nitrogen and oxygen atoms in total. The van der Waals surface area contributed by atoms with Crippen LogP contribution in [0, 0.1) is 0 Å². The molecule has 17 heavy (non-hydrogen) atoms. The highest BCUT2D eigenvalue weighted by Crippen LogP contribution is 2.21. The third-order valence-corrected chi connectivity index (χ3v) is 3.20. The van der Waals surface area contributed by atoms with E-state index in [4.69, 9.17) is 9.47 Å². The number of unbranched alkanes of at least 4 members (excludes halogenated alkanes) is 1. The molecule has 1 aliphatic heterocycles. The summed E-state index contributed by atoms with van der Waals surface area (Å²) in [5, 5.41) is 0. The van der Waals surface area contributed by atoms with E-state index < -0.39 is 0 Å². The van der Waals surface area contributed by atoms with Gasteiger partial charge in [0.15, 0.2) is 0 Å². The first-order valence-corrected chi connectivity index (χ1v) is 6.46. The first-order valence-electron chi connectivity index (χ1n) is 6.46. The van der Waals surface area contributed by atoms with Gasteiger partial charge in [-0.15, -0.1) is 0 Å². The Bertz CT molecular complexity index is 253. The second kappa shape index (κ2) is 6.36. The van der Waals surface area contributed by atoms with E-state index in [-0.39, 0.29) is 17.6 Å². The van der Waals surface area contributed by atoms with Crippen LogP contribution >= 0.6 is 0 Å². The smallest absolute Gasteiger partial charge is 0.323 e. The molecule has 0 aromatic heterocycles. The van der Waals surface area contributed by atoms with Crippen LogP contribution in [-0.2, 0) is 14.3 Å². The number of hydrogen-bond donors (Lipinski definition) is 0. The van der Waals surface area contributed by atoms with Crippen LogP contribution in [0.2, 0.25) is 0 Å². The van der Waals surface area contributed by atoms with Crippen molar-refractivity contribution < 1.29 is 14.3 Å². The van der Waals surface area contributed by atoms with Crippen LogP contribution in [0.3, 0.4) is 0 Å². The lowest BCUT2D eigenvalue weighted by atomic mass is 10.0. The van der Waals surface area contributed by atoms with Crippen molar-refractivity contribution in [3.63, 3.8) is 0 Å². The monoisotopic (exact) mass is 243 g/mol. The molecule has 0 aromatic rings. The summed E-state index contributed by atoms with van der Waals surface area (Å²) in [6.45, 7) is 8.55. The fourth-order valence-corrected chi connectivity index (χ4v) is 2.30. The highest BCUT2D eigenvalue weighted by Gasteiger charge is 2.34. The van der Waals surface area contributed by atoms with Gasteiger partial charge in [-0.25, -0.2) is 0 Å². The predicted molar refractivity (Wildman–Crippen MR) is 66.9 cm³/mol. The topological polar surface area (TPSA) is 38.8 Å². The number of ether oxygens (including phenoxy) is 2. The van der Waals surface area contributed by atoms with Crippen LogP contribution in [0.4, 0.5) is 0 Å². The summed E-state index contributed by atoms with van der Waals surface area (Å²) in [6, 6.07) is -0.108. The Labute approximate surface area is 104 Å². The van der Waals surface area contributed by atoms with Crippen LogP contribution < -0.4 is 0 Å². The molecule has 1 saturated heterocycles. The van der Waals surface area contributed by atoms with Gasteiger partial charge in [-0.1, -0.05) is 19.8 Å². The van der Waals surface area contributed by atoms with E-state index in [0.717, 1.165) is 32.4 Å². The number of hydrogen-bond acceptors (Lipinski definition) is 4. The highest BCUT2D eigenvalue weighted by molar-refractivity contribution is 5.75. The van der Waals surface area contributed by atoms with E-state index in [1.165, 1.54) is 7.11 Å². The van der Waals surface area contributed by atoms with Crippen LogP contribution in [0.15, 0.2) is 0 Å². The SMILES string of the molecule is CCCCC(C(=O)OC)N1CCOC(C)(C)C1. The zero-order valence-corrected chi connectivity index (χ0v) is 11.5. The van der Waals surface area contributed by atoms with E-state index in [0.29, 0.717) is 6.61 Å². The molecule has 0 aliphatic carbocycles. The average molecular weight is 243 g/mol. The molecule has 4 heteroatoms. The lowest BCUT2D eigenvalue weighted by molar-refractivity contribution is -0.154. The molecule has 1 unspecified atom stereocenters. The van der Waals surface area contributed by atoms with Crippen molar-refractivity contribution in [1.29, 1.82) is 0 Å². The molecule has 1 atom stereocenters. The van der Waals surface area contributed by atoms with E-state index in [1.54, 1.807) is 0 Å². The van der Waals surface area contributed by atoms with Crippen molar-refractivity contribution in [2.75, 3.05) is 26.8 Å². The van der Waals surface area contributed by atoms with Crippen molar-refractivity contribution in [1.82, 2.24) is 4.90 Å². The molecule has 1 rings (SSSR count). The maximum Gasteiger partial charge on any atom is 0.323 e. The summed E-state index contributed by atoms with van der Waals surface area (Å²) in [5.74, 6) is -0.115. The highest BCUT2D eigenvalue weighted by atomic mass is 16.5. The predicted octanol–water partition coefficient (Wildman–Crippen LogP) is 1.83. The van der Waals surface area contributed by atoms with E-state index in [2.05, 4.69) is 25.7 Å². The maximum absolute atomic E-state index is 11.8. The fourth-order valence-electron chi connectivity index (χ4n) is 2.30. The van der Waals surface area contributed by atoms with Gasteiger partial charge in [0, 0.05) is 13.1 Å². The number of morpholine rings is 1. The molecule has 1 heterocycles. The second-order valence-electron chi connectivity index (χ2n) is 5.26. The zero-order chi connectivity index (χ0) is 12.9. The Morgan fingerprint density at radius 2 is 2.24 bits per heavy atom. The number of carbonyl (C=O) groups excluding carboxylic acids is 1. The van der Waals surface area contributed by atoms with Crippen LogP contribution in [0.25, 0.3) is 0 Å². The van der Waals surface area contributed by atoms with Crippen molar-refractivity contribution in [3.05, 3.63) is 0 Å². The molecule has 100 valence electrons. The van der Waals surface area contributed by atoms with Gasteiger partial charge < -0.3 is 9.47 Å². The van der Waals surface area contributed by atoms with E-state index in [1.807, 2.05) is 0 Å². The molecule has 0 spiro atoms. The molecule has 0 saturated carbocycles. The summed E-state index contributed by atoms with van der Waals surface area (Å²) in [7, 11) is 1.47. The lowest BCUT2D eigenvalue weighted by Gasteiger charge is -2.41. The van der Waals surface area contributed by atoms with E-state index >= 15 is 0 Å².